The molecule has 0 radical (unpaired) electrons. The van der Waals surface area contributed by atoms with E-state index in [9.17, 15) is 9.59 Å². The zero-order chi connectivity index (χ0) is 18.1. The van der Waals surface area contributed by atoms with Gasteiger partial charge in [-0.3, -0.25) is 10.1 Å². The van der Waals surface area contributed by atoms with Crippen molar-refractivity contribution in [2.75, 3.05) is 19.0 Å². The van der Waals surface area contributed by atoms with Crippen LogP contribution in [0.5, 0.6) is 0 Å². The van der Waals surface area contributed by atoms with E-state index in [4.69, 9.17) is 8.94 Å². The summed E-state index contributed by atoms with van der Waals surface area (Å²) in [6.07, 6.45) is 1.55. The van der Waals surface area contributed by atoms with Crippen LogP contribution in [0.15, 0.2) is 33.4 Å². The van der Waals surface area contributed by atoms with Gasteiger partial charge in [0, 0.05) is 23.9 Å². The fourth-order valence-corrected chi connectivity index (χ4v) is 3.64. The highest BCUT2D eigenvalue weighted by molar-refractivity contribution is 7.15. The van der Waals surface area contributed by atoms with Crippen LogP contribution in [0, 0.1) is 0 Å². The second kappa shape index (κ2) is 6.64. The van der Waals surface area contributed by atoms with Crippen molar-refractivity contribution in [3.05, 3.63) is 40.7 Å². The number of rotatable bonds is 3. The Kier molecular flexibility index (Phi) is 4.17. The number of carbonyl (C=O) groups is 2. The number of hydrogen-bond acceptors (Lipinski definition) is 8. The van der Waals surface area contributed by atoms with Gasteiger partial charge in [-0.15, -0.1) is 0 Å². The van der Waals surface area contributed by atoms with E-state index >= 15 is 0 Å². The van der Waals surface area contributed by atoms with Crippen molar-refractivity contribution in [2.45, 2.75) is 13.0 Å². The molecule has 3 aromatic rings. The number of ether oxygens (including phenoxy) is 1. The number of aromatic nitrogens is 2. The van der Waals surface area contributed by atoms with Crippen LogP contribution in [0.2, 0.25) is 0 Å². The van der Waals surface area contributed by atoms with Crippen molar-refractivity contribution in [1.29, 1.82) is 0 Å². The number of nitrogens with zero attached hydrogens (tertiary/aromatic N) is 3. The molecule has 0 aliphatic carbocycles. The Labute approximate surface area is 151 Å². The maximum absolute atomic E-state index is 12.7. The third-order valence-corrected chi connectivity index (χ3v) is 4.90. The van der Waals surface area contributed by atoms with E-state index in [0.717, 1.165) is 10.6 Å². The fourth-order valence-electron chi connectivity index (χ4n) is 2.63. The Morgan fingerprint density at radius 1 is 1.38 bits per heavy atom. The van der Waals surface area contributed by atoms with Gasteiger partial charge in [-0.05, 0) is 12.1 Å². The number of nitrogens with one attached hydrogen (secondary N) is 1. The number of fused-ring (bicyclic) bond motifs is 1. The van der Waals surface area contributed by atoms with E-state index in [2.05, 4.69) is 20.2 Å². The molecule has 9 nitrogen and oxygen atoms in total. The molecule has 1 aliphatic rings. The average Bonchev–Trinajstić information content (AvgIpc) is 3.38. The number of furan rings is 1. The summed E-state index contributed by atoms with van der Waals surface area (Å²) in [7, 11) is 1.29. The Hall–Kier alpha value is -3.14. The van der Waals surface area contributed by atoms with E-state index in [0.29, 0.717) is 36.2 Å². The molecule has 4 rings (SSSR count). The summed E-state index contributed by atoms with van der Waals surface area (Å²) in [6, 6.07) is 5.03. The summed E-state index contributed by atoms with van der Waals surface area (Å²) in [6.45, 7) is 0.911. The quantitative estimate of drug-likeness (QED) is 0.750. The van der Waals surface area contributed by atoms with E-state index in [1.165, 1.54) is 24.7 Å². The highest BCUT2D eigenvalue weighted by Gasteiger charge is 2.27. The van der Waals surface area contributed by atoms with E-state index in [1.807, 2.05) is 0 Å². The van der Waals surface area contributed by atoms with Crippen LogP contribution in [0.3, 0.4) is 0 Å². The van der Waals surface area contributed by atoms with Gasteiger partial charge in [0.1, 0.15) is 0 Å². The summed E-state index contributed by atoms with van der Waals surface area (Å²) in [4.78, 5) is 30.9. The largest absolute Gasteiger partial charge is 0.461 e. The third-order valence-electron chi connectivity index (χ3n) is 3.91. The van der Waals surface area contributed by atoms with Crippen LogP contribution >= 0.6 is 11.3 Å². The molecule has 0 bridgehead atoms. The predicted octanol–water partition coefficient (Wildman–Crippen LogP) is 2.77. The standard InChI is InChI=1S/C16H14N4O5S/c1-23-16(22)18-15-17-9-4-5-20(8-13(9)26-15)14(21)10-7-12(25-19-10)11-3-2-6-24-11/h2-3,6-7H,4-5,8H2,1H3,(H,17,18,22). The Balaban J connectivity index is 1.48. The van der Waals surface area contributed by atoms with Crippen LogP contribution in [0.4, 0.5) is 9.93 Å². The predicted molar refractivity (Wildman–Crippen MR) is 90.8 cm³/mol. The van der Waals surface area contributed by atoms with Gasteiger partial charge >= 0.3 is 6.09 Å². The molecule has 0 fully saturated rings. The molecule has 0 spiro atoms. The lowest BCUT2D eigenvalue weighted by Gasteiger charge is -2.25. The van der Waals surface area contributed by atoms with Crippen LogP contribution in [0.1, 0.15) is 21.1 Å². The average molecular weight is 374 g/mol. The fraction of sp³-hybridized carbons (Fsp3) is 0.250. The lowest BCUT2D eigenvalue weighted by Crippen LogP contribution is -2.35. The minimum Gasteiger partial charge on any atom is -0.461 e. The van der Waals surface area contributed by atoms with E-state index in [1.54, 1.807) is 23.1 Å². The first kappa shape index (κ1) is 16.3. The Morgan fingerprint density at radius 3 is 3.04 bits per heavy atom. The minimum absolute atomic E-state index is 0.220. The zero-order valence-corrected chi connectivity index (χ0v) is 14.5. The Morgan fingerprint density at radius 2 is 2.27 bits per heavy atom. The summed E-state index contributed by atoms with van der Waals surface area (Å²) >= 11 is 1.32. The summed E-state index contributed by atoms with van der Waals surface area (Å²) in [5.41, 5.74) is 1.10. The molecule has 3 aromatic heterocycles. The topological polar surface area (TPSA) is 111 Å². The molecule has 4 heterocycles. The maximum atomic E-state index is 12.7. The molecular formula is C16H14N4O5S. The third kappa shape index (κ3) is 3.06. The zero-order valence-electron chi connectivity index (χ0n) is 13.7. The van der Waals surface area contributed by atoms with E-state index < -0.39 is 6.09 Å². The van der Waals surface area contributed by atoms with Crippen LogP contribution in [0.25, 0.3) is 11.5 Å². The highest BCUT2D eigenvalue weighted by atomic mass is 32.1. The van der Waals surface area contributed by atoms with Gasteiger partial charge in [0.2, 0.25) is 5.76 Å². The van der Waals surface area contributed by atoms with E-state index in [-0.39, 0.29) is 11.6 Å². The molecule has 10 heteroatoms. The highest BCUT2D eigenvalue weighted by Crippen LogP contribution is 2.29. The molecule has 0 aromatic carbocycles. The lowest BCUT2D eigenvalue weighted by atomic mass is 10.1. The number of carbonyl (C=O) groups excluding carboxylic acids is 2. The molecule has 1 N–H and O–H groups in total. The Bertz CT molecular complexity index is 946. The normalized spacial score (nSPS) is 13.3. The second-order valence-electron chi connectivity index (χ2n) is 5.54. The number of anilines is 1. The summed E-state index contributed by atoms with van der Waals surface area (Å²) in [5, 5.41) is 6.85. The van der Waals surface area contributed by atoms with Gasteiger partial charge in [0.15, 0.2) is 16.6 Å². The van der Waals surface area contributed by atoms with Gasteiger partial charge in [-0.1, -0.05) is 16.5 Å². The van der Waals surface area contributed by atoms with Crippen molar-refractivity contribution < 1.29 is 23.3 Å². The van der Waals surface area contributed by atoms with Crippen molar-refractivity contribution in [3.63, 3.8) is 0 Å². The maximum Gasteiger partial charge on any atom is 0.413 e. The van der Waals surface area contributed by atoms with Gasteiger partial charge < -0.3 is 18.6 Å². The van der Waals surface area contributed by atoms with Crippen LogP contribution in [-0.2, 0) is 17.7 Å². The smallest absolute Gasteiger partial charge is 0.413 e. The van der Waals surface area contributed by atoms with Crippen molar-refractivity contribution in [2.24, 2.45) is 0 Å². The first-order chi connectivity index (χ1) is 12.6. The summed E-state index contributed by atoms with van der Waals surface area (Å²) < 4.78 is 15.0. The molecule has 1 aliphatic heterocycles. The first-order valence-corrected chi connectivity index (χ1v) is 8.59. The number of hydrogen-bond donors (Lipinski definition) is 1. The first-order valence-electron chi connectivity index (χ1n) is 7.77. The second-order valence-corrected chi connectivity index (χ2v) is 6.62. The van der Waals surface area contributed by atoms with Gasteiger partial charge in [0.05, 0.1) is 25.6 Å². The van der Waals surface area contributed by atoms with Crippen molar-refractivity contribution in [1.82, 2.24) is 15.0 Å². The molecule has 26 heavy (non-hydrogen) atoms. The number of thiazole rings is 1. The minimum atomic E-state index is -0.572. The van der Waals surface area contributed by atoms with Gasteiger partial charge in [-0.2, -0.15) is 0 Å². The molecule has 0 unspecified atom stereocenters. The summed E-state index contributed by atoms with van der Waals surface area (Å²) in [5.74, 6) is 0.685. The monoisotopic (exact) mass is 374 g/mol. The van der Waals surface area contributed by atoms with Crippen molar-refractivity contribution >= 4 is 28.5 Å². The van der Waals surface area contributed by atoms with Crippen molar-refractivity contribution in [3.8, 4) is 11.5 Å². The number of methoxy groups -OCH3 is 1. The molecule has 2 amide bonds. The van der Waals surface area contributed by atoms with Crippen LogP contribution < -0.4 is 5.32 Å². The lowest BCUT2D eigenvalue weighted by molar-refractivity contribution is 0.0725. The molecular weight excluding hydrogens is 360 g/mol. The van der Waals surface area contributed by atoms with Gasteiger partial charge in [0.25, 0.3) is 5.91 Å². The SMILES string of the molecule is COC(=O)Nc1nc2c(s1)CN(C(=O)c1cc(-c3ccco3)on1)CC2. The number of amides is 2. The molecule has 0 saturated carbocycles. The molecule has 0 atom stereocenters. The van der Waals surface area contributed by atoms with Crippen LogP contribution in [-0.4, -0.2) is 40.7 Å². The van der Waals surface area contributed by atoms with Gasteiger partial charge in [-0.25, -0.2) is 9.78 Å². The molecule has 0 saturated heterocycles. The molecule has 134 valence electrons.